The molecule has 9 heteroatoms. The molecule has 0 spiro atoms. The van der Waals surface area contributed by atoms with E-state index in [9.17, 15) is 22.4 Å². The quantitative estimate of drug-likeness (QED) is 0.546. The second-order valence-corrected chi connectivity index (χ2v) is 9.49. The number of rotatable bonds is 7. The Morgan fingerprint density at radius 2 is 1.57 bits per heavy atom. The molecular formula is C21H19FN2O4S2. The average molecular weight is 447 g/mol. The number of hydrogen-bond donors (Lipinski definition) is 2. The SMILES string of the molecule is O=C(NCc1ccc(F)cc1)C(=O)NC[C@@H](c1cccs1)S(=O)(=O)c1ccccc1. The first-order valence-corrected chi connectivity index (χ1v) is 11.4. The zero-order valence-corrected chi connectivity index (χ0v) is 17.4. The Kier molecular flexibility index (Phi) is 6.96. The summed E-state index contributed by atoms with van der Waals surface area (Å²) >= 11 is 1.26. The van der Waals surface area contributed by atoms with Crippen molar-refractivity contribution in [1.29, 1.82) is 0 Å². The van der Waals surface area contributed by atoms with Gasteiger partial charge in [0.1, 0.15) is 11.1 Å². The molecule has 3 aromatic rings. The minimum atomic E-state index is -3.78. The standard InChI is InChI=1S/C21H19FN2O4S2/c22-16-10-8-15(9-11-16)13-23-20(25)21(26)24-14-19(18-7-4-12-29-18)30(27,28)17-5-2-1-3-6-17/h1-12,19H,13-14H2,(H,23,25)(H,24,26)/t19-/m0/s1. The number of thiophene rings is 1. The molecule has 3 rings (SSSR count). The molecule has 0 saturated heterocycles. The molecule has 0 aliphatic rings. The molecule has 0 aliphatic heterocycles. The van der Waals surface area contributed by atoms with Gasteiger partial charge in [-0.25, -0.2) is 12.8 Å². The summed E-state index contributed by atoms with van der Waals surface area (Å²) in [6, 6.07) is 16.8. The smallest absolute Gasteiger partial charge is 0.309 e. The van der Waals surface area contributed by atoms with Crippen LogP contribution < -0.4 is 10.6 Å². The molecule has 1 heterocycles. The molecule has 2 N–H and O–H groups in total. The van der Waals surface area contributed by atoms with E-state index in [0.29, 0.717) is 10.4 Å². The predicted octanol–water partition coefficient (Wildman–Crippen LogP) is 2.83. The largest absolute Gasteiger partial charge is 0.346 e. The lowest BCUT2D eigenvalue weighted by atomic mass is 10.2. The molecule has 6 nitrogen and oxygen atoms in total. The number of carbonyl (C=O) groups excluding carboxylic acids is 2. The van der Waals surface area contributed by atoms with Crippen LogP contribution >= 0.6 is 11.3 Å². The molecule has 0 unspecified atom stereocenters. The van der Waals surface area contributed by atoms with Gasteiger partial charge in [0.05, 0.1) is 4.90 Å². The number of hydrogen-bond acceptors (Lipinski definition) is 5. The summed E-state index contributed by atoms with van der Waals surface area (Å²) < 4.78 is 39.1. The highest BCUT2D eigenvalue weighted by molar-refractivity contribution is 7.91. The fourth-order valence-corrected chi connectivity index (χ4v) is 5.55. The fraction of sp³-hybridized carbons (Fsp3) is 0.143. The first-order valence-electron chi connectivity index (χ1n) is 9.01. The molecule has 2 aromatic carbocycles. The Balaban J connectivity index is 1.66. The molecule has 0 bridgehead atoms. The van der Waals surface area contributed by atoms with Crippen LogP contribution in [0.2, 0.25) is 0 Å². The maximum absolute atomic E-state index is 13.1. The van der Waals surface area contributed by atoms with Crippen molar-refractivity contribution in [2.75, 3.05) is 6.54 Å². The van der Waals surface area contributed by atoms with Crippen molar-refractivity contribution in [3.63, 3.8) is 0 Å². The Hall–Kier alpha value is -3.04. The van der Waals surface area contributed by atoms with Gasteiger partial charge in [-0.3, -0.25) is 9.59 Å². The van der Waals surface area contributed by atoms with E-state index in [2.05, 4.69) is 10.6 Å². The van der Waals surface area contributed by atoms with Crippen LogP contribution in [0.5, 0.6) is 0 Å². The monoisotopic (exact) mass is 446 g/mol. The van der Waals surface area contributed by atoms with Gasteiger partial charge in [-0.15, -0.1) is 11.3 Å². The highest BCUT2D eigenvalue weighted by atomic mass is 32.2. The van der Waals surface area contributed by atoms with E-state index in [4.69, 9.17) is 0 Å². The number of benzene rings is 2. The summed E-state index contributed by atoms with van der Waals surface area (Å²) in [7, 11) is -3.78. The summed E-state index contributed by atoms with van der Waals surface area (Å²) in [5.41, 5.74) is 0.626. The van der Waals surface area contributed by atoms with Crippen molar-refractivity contribution in [3.05, 3.63) is 88.4 Å². The highest BCUT2D eigenvalue weighted by Gasteiger charge is 2.31. The predicted molar refractivity (Wildman–Crippen MR) is 112 cm³/mol. The van der Waals surface area contributed by atoms with Crippen molar-refractivity contribution in [2.45, 2.75) is 16.7 Å². The number of nitrogens with one attached hydrogen (secondary N) is 2. The van der Waals surface area contributed by atoms with Crippen molar-refractivity contribution in [3.8, 4) is 0 Å². The second-order valence-electron chi connectivity index (χ2n) is 6.38. The molecule has 1 aromatic heterocycles. The zero-order chi connectivity index (χ0) is 21.6. The number of amides is 2. The van der Waals surface area contributed by atoms with E-state index in [1.165, 1.54) is 47.7 Å². The van der Waals surface area contributed by atoms with Crippen LogP contribution in [0.25, 0.3) is 0 Å². The minimum Gasteiger partial charge on any atom is -0.346 e. The van der Waals surface area contributed by atoms with E-state index < -0.39 is 32.7 Å². The Morgan fingerprint density at radius 1 is 0.900 bits per heavy atom. The molecule has 156 valence electrons. The Labute approximate surface area is 177 Å². The van der Waals surface area contributed by atoms with Crippen LogP contribution in [0.3, 0.4) is 0 Å². The first-order chi connectivity index (χ1) is 14.4. The number of halogens is 1. The summed E-state index contributed by atoms with van der Waals surface area (Å²) in [5, 5.41) is 5.57. The lowest BCUT2D eigenvalue weighted by Crippen LogP contribution is -2.42. The molecule has 0 fully saturated rings. The lowest BCUT2D eigenvalue weighted by molar-refractivity contribution is -0.139. The molecule has 0 radical (unpaired) electrons. The van der Waals surface area contributed by atoms with Gasteiger partial charge in [-0.05, 0) is 41.3 Å². The Morgan fingerprint density at radius 3 is 2.20 bits per heavy atom. The first kappa shape index (κ1) is 21.7. The van der Waals surface area contributed by atoms with E-state index in [1.54, 1.807) is 35.7 Å². The van der Waals surface area contributed by atoms with Gasteiger partial charge in [0.2, 0.25) is 0 Å². The molecule has 0 aliphatic carbocycles. The molecule has 0 saturated carbocycles. The van der Waals surface area contributed by atoms with Gasteiger partial charge in [-0.2, -0.15) is 0 Å². The lowest BCUT2D eigenvalue weighted by Gasteiger charge is -2.17. The van der Waals surface area contributed by atoms with Gasteiger partial charge < -0.3 is 10.6 Å². The summed E-state index contributed by atoms with van der Waals surface area (Å²) in [5.74, 6) is -2.25. The molecule has 2 amide bonds. The van der Waals surface area contributed by atoms with E-state index in [-0.39, 0.29) is 18.0 Å². The van der Waals surface area contributed by atoms with Crippen LogP contribution in [0.4, 0.5) is 4.39 Å². The third-order valence-electron chi connectivity index (χ3n) is 4.33. The summed E-state index contributed by atoms with van der Waals surface area (Å²) in [6.07, 6.45) is 0. The molecule has 30 heavy (non-hydrogen) atoms. The van der Waals surface area contributed by atoms with Gasteiger partial charge in [0, 0.05) is 18.0 Å². The van der Waals surface area contributed by atoms with E-state index in [1.807, 2.05) is 0 Å². The van der Waals surface area contributed by atoms with Crippen LogP contribution in [0.15, 0.2) is 77.0 Å². The van der Waals surface area contributed by atoms with Crippen molar-refractivity contribution in [1.82, 2.24) is 10.6 Å². The van der Waals surface area contributed by atoms with Gasteiger partial charge in [0.15, 0.2) is 9.84 Å². The molecular weight excluding hydrogens is 427 g/mol. The van der Waals surface area contributed by atoms with Crippen molar-refractivity contribution < 1.29 is 22.4 Å². The third kappa shape index (κ3) is 5.31. The van der Waals surface area contributed by atoms with Crippen LogP contribution in [-0.2, 0) is 26.0 Å². The average Bonchev–Trinajstić information content (AvgIpc) is 3.28. The third-order valence-corrected chi connectivity index (χ3v) is 7.56. The number of sulfone groups is 1. The van der Waals surface area contributed by atoms with Crippen molar-refractivity contribution in [2.24, 2.45) is 0 Å². The highest BCUT2D eigenvalue weighted by Crippen LogP contribution is 2.31. The summed E-state index contributed by atoms with van der Waals surface area (Å²) in [6.45, 7) is -0.205. The topological polar surface area (TPSA) is 92.3 Å². The van der Waals surface area contributed by atoms with Crippen molar-refractivity contribution >= 4 is 33.0 Å². The fourth-order valence-electron chi connectivity index (χ4n) is 2.74. The van der Waals surface area contributed by atoms with Gasteiger partial charge in [0.25, 0.3) is 0 Å². The Bertz CT molecular complexity index is 1100. The van der Waals surface area contributed by atoms with Crippen LogP contribution in [-0.4, -0.2) is 26.8 Å². The zero-order valence-electron chi connectivity index (χ0n) is 15.7. The number of carbonyl (C=O) groups is 2. The van der Waals surface area contributed by atoms with Crippen LogP contribution in [0.1, 0.15) is 15.7 Å². The normalized spacial score (nSPS) is 12.2. The minimum absolute atomic E-state index is 0.0448. The van der Waals surface area contributed by atoms with Gasteiger partial charge in [-0.1, -0.05) is 36.4 Å². The maximum atomic E-state index is 13.1. The molecule has 1 atom stereocenters. The van der Waals surface area contributed by atoms with Gasteiger partial charge >= 0.3 is 11.8 Å². The van der Waals surface area contributed by atoms with E-state index in [0.717, 1.165) is 0 Å². The van der Waals surface area contributed by atoms with E-state index >= 15 is 0 Å². The maximum Gasteiger partial charge on any atom is 0.309 e. The van der Waals surface area contributed by atoms with Crippen LogP contribution in [0, 0.1) is 5.82 Å². The second kappa shape index (κ2) is 9.64. The summed E-state index contributed by atoms with van der Waals surface area (Å²) in [4.78, 5) is 24.9.